The van der Waals surface area contributed by atoms with Crippen LogP contribution in [0.2, 0.25) is 0 Å². The Morgan fingerprint density at radius 2 is 2.20 bits per heavy atom. The number of nitrogens with zero attached hydrogens (tertiary/aromatic N) is 2. The maximum absolute atomic E-state index is 4.48. The lowest BCUT2D eigenvalue weighted by atomic mass is 9.80. The van der Waals surface area contributed by atoms with Gasteiger partial charge >= 0.3 is 0 Å². The lowest BCUT2D eigenvalue weighted by Gasteiger charge is -2.37. The molecule has 1 aromatic heterocycles. The molecule has 0 radical (unpaired) electrons. The number of anilines is 1. The summed E-state index contributed by atoms with van der Waals surface area (Å²) in [5.41, 5.74) is 0. The van der Waals surface area contributed by atoms with Crippen LogP contribution in [0.15, 0.2) is 22.8 Å². The van der Waals surface area contributed by atoms with E-state index in [1.54, 1.807) is 0 Å². The van der Waals surface area contributed by atoms with Gasteiger partial charge in [-0.1, -0.05) is 12.5 Å². The first-order chi connectivity index (χ1) is 7.18. The topological polar surface area (TPSA) is 16.1 Å². The third-order valence-corrected chi connectivity index (χ3v) is 3.95. The Morgan fingerprint density at radius 1 is 1.47 bits per heavy atom. The number of hydrogen-bond acceptors (Lipinski definition) is 2. The highest BCUT2D eigenvalue weighted by atomic mass is 79.9. The van der Waals surface area contributed by atoms with Gasteiger partial charge in [0.25, 0.3) is 0 Å². The van der Waals surface area contributed by atoms with Crippen LogP contribution in [0.1, 0.15) is 26.2 Å². The molecule has 3 heteroatoms. The van der Waals surface area contributed by atoms with Crippen LogP contribution in [0.5, 0.6) is 0 Å². The Hall–Kier alpha value is -0.570. The molecular formula is C12H17BrN2. The van der Waals surface area contributed by atoms with Gasteiger partial charge in [-0.3, -0.25) is 0 Å². The van der Waals surface area contributed by atoms with Gasteiger partial charge in [-0.25, -0.2) is 4.98 Å². The van der Waals surface area contributed by atoms with Crippen molar-refractivity contribution in [3.63, 3.8) is 0 Å². The lowest BCUT2D eigenvalue weighted by molar-refractivity contribution is 0.267. The molecule has 0 bridgehead atoms. The van der Waals surface area contributed by atoms with E-state index >= 15 is 0 Å². The Morgan fingerprint density at radius 3 is 2.73 bits per heavy atom. The molecule has 0 saturated heterocycles. The third-order valence-electron chi connectivity index (χ3n) is 3.50. The van der Waals surface area contributed by atoms with E-state index in [1.165, 1.54) is 19.3 Å². The zero-order chi connectivity index (χ0) is 10.8. The number of hydrogen-bond donors (Lipinski definition) is 0. The van der Waals surface area contributed by atoms with Gasteiger partial charge in [0.15, 0.2) is 0 Å². The summed E-state index contributed by atoms with van der Waals surface area (Å²) in [6, 6.07) is 6.67. The van der Waals surface area contributed by atoms with Crippen LogP contribution < -0.4 is 4.90 Å². The molecule has 1 fully saturated rings. The molecule has 15 heavy (non-hydrogen) atoms. The van der Waals surface area contributed by atoms with Crippen LogP contribution in [0.3, 0.4) is 0 Å². The minimum atomic E-state index is 0.598. The van der Waals surface area contributed by atoms with Crippen molar-refractivity contribution < 1.29 is 0 Å². The van der Waals surface area contributed by atoms with E-state index in [9.17, 15) is 0 Å². The second-order valence-corrected chi connectivity index (χ2v) is 5.17. The van der Waals surface area contributed by atoms with Gasteiger partial charge in [-0.15, -0.1) is 0 Å². The maximum Gasteiger partial charge on any atom is 0.129 e. The molecule has 82 valence electrons. The monoisotopic (exact) mass is 268 g/mol. The van der Waals surface area contributed by atoms with Gasteiger partial charge in [0.1, 0.15) is 10.4 Å². The quantitative estimate of drug-likeness (QED) is 0.781. The SMILES string of the molecule is CC(C1CCC1)N(C)c1cccc(Br)n1. The van der Waals surface area contributed by atoms with Crippen molar-refractivity contribution in [1.82, 2.24) is 4.98 Å². The number of aromatic nitrogens is 1. The molecule has 2 nitrogen and oxygen atoms in total. The first-order valence-corrected chi connectivity index (χ1v) is 6.33. The highest BCUT2D eigenvalue weighted by molar-refractivity contribution is 9.10. The van der Waals surface area contributed by atoms with Gasteiger partial charge in [-0.2, -0.15) is 0 Å². The Kier molecular flexibility index (Phi) is 3.29. The molecule has 1 aliphatic carbocycles. The number of rotatable bonds is 3. The summed E-state index contributed by atoms with van der Waals surface area (Å²) < 4.78 is 0.910. The predicted molar refractivity (Wildman–Crippen MR) is 67.1 cm³/mol. The molecule has 2 rings (SSSR count). The van der Waals surface area contributed by atoms with Gasteiger partial charge < -0.3 is 4.90 Å². The van der Waals surface area contributed by atoms with Crippen molar-refractivity contribution in [2.45, 2.75) is 32.2 Å². The van der Waals surface area contributed by atoms with Gasteiger partial charge in [0.05, 0.1) is 0 Å². The first-order valence-electron chi connectivity index (χ1n) is 5.54. The minimum Gasteiger partial charge on any atom is -0.357 e. The van der Waals surface area contributed by atoms with Crippen LogP contribution in [0, 0.1) is 5.92 Å². The Balaban J connectivity index is 2.08. The van der Waals surface area contributed by atoms with Gasteiger partial charge in [0.2, 0.25) is 0 Å². The predicted octanol–water partition coefficient (Wildman–Crippen LogP) is 3.47. The summed E-state index contributed by atoms with van der Waals surface area (Å²) in [5, 5.41) is 0. The maximum atomic E-state index is 4.48. The number of pyridine rings is 1. The highest BCUT2D eigenvalue weighted by Gasteiger charge is 2.27. The van der Waals surface area contributed by atoms with Crippen molar-refractivity contribution in [2.24, 2.45) is 5.92 Å². The summed E-state index contributed by atoms with van der Waals surface area (Å²) in [5.74, 6) is 1.92. The van der Waals surface area contributed by atoms with E-state index in [4.69, 9.17) is 0 Å². The van der Waals surface area contributed by atoms with Crippen LogP contribution >= 0.6 is 15.9 Å². The summed E-state index contributed by atoms with van der Waals surface area (Å²) in [4.78, 5) is 6.76. The summed E-state index contributed by atoms with van der Waals surface area (Å²) in [6.07, 6.45) is 4.15. The van der Waals surface area contributed by atoms with E-state index in [1.807, 2.05) is 12.1 Å². The summed E-state index contributed by atoms with van der Waals surface area (Å²) >= 11 is 3.41. The van der Waals surface area contributed by atoms with E-state index in [0.29, 0.717) is 6.04 Å². The highest BCUT2D eigenvalue weighted by Crippen LogP contribution is 2.33. The standard InChI is InChI=1S/C12H17BrN2/c1-9(10-5-3-6-10)15(2)12-8-4-7-11(13)14-12/h4,7-10H,3,5-6H2,1-2H3. The largest absolute Gasteiger partial charge is 0.357 e. The van der Waals surface area contributed by atoms with Crippen LogP contribution in [-0.2, 0) is 0 Å². The normalized spacial score (nSPS) is 18.3. The Bertz CT molecular complexity index is 336. The number of halogens is 1. The second-order valence-electron chi connectivity index (χ2n) is 4.36. The smallest absolute Gasteiger partial charge is 0.129 e. The van der Waals surface area contributed by atoms with Gasteiger partial charge in [0, 0.05) is 13.1 Å². The molecular weight excluding hydrogens is 252 g/mol. The van der Waals surface area contributed by atoms with Crippen molar-refractivity contribution in [3.8, 4) is 0 Å². The second kappa shape index (κ2) is 4.52. The fraction of sp³-hybridized carbons (Fsp3) is 0.583. The third kappa shape index (κ3) is 2.33. The fourth-order valence-electron chi connectivity index (χ4n) is 2.04. The molecule has 0 N–H and O–H groups in total. The van der Waals surface area contributed by atoms with Crippen molar-refractivity contribution in [2.75, 3.05) is 11.9 Å². The summed E-state index contributed by atoms with van der Waals surface area (Å²) in [6.45, 7) is 2.30. The van der Waals surface area contributed by atoms with Crippen molar-refractivity contribution in [1.29, 1.82) is 0 Å². The molecule has 1 heterocycles. The fourth-order valence-corrected chi connectivity index (χ4v) is 2.38. The Labute approximate surface area is 99.8 Å². The van der Waals surface area contributed by atoms with E-state index in [0.717, 1.165) is 16.3 Å². The molecule has 1 aliphatic rings. The molecule has 1 unspecified atom stereocenters. The molecule has 1 aromatic rings. The lowest BCUT2D eigenvalue weighted by Crippen LogP contribution is -2.39. The summed E-state index contributed by atoms with van der Waals surface area (Å²) in [7, 11) is 2.14. The van der Waals surface area contributed by atoms with Crippen LogP contribution in [-0.4, -0.2) is 18.1 Å². The van der Waals surface area contributed by atoms with E-state index < -0.39 is 0 Å². The first kappa shape index (κ1) is 10.9. The molecule has 0 amide bonds. The van der Waals surface area contributed by atoms with Crippen LogP contribution in [0.4, 0.5) is 5.82 Å². The zero-order valence-corrected chi connectivity index (χ0v) is 10.9. The van der Waals surface area contributed by atoms with E-state index in [2.05, 4.69) is 45.9 Å². The molecule has 0 aliphatic heterocycles. The molecule has 1 saturated carbocycles. The average molecular weight is 269 g/mol. The average Bonchev–Trinajstić information content (AvgIpc) is 2.14. The molecule has 0 spiro atoms. The van der Waals surface area contributed by atoms with Gasteiger partial charge in [-0.05, 0) is 53.7 Å². The van der Waals surface area contributed by atoms with Crippen LogP contribution in [0.25, 0.3) is 0 Å². The zero-order valence-electron chi connectivity index (χ0n) is 9.28. The van der Waals surface area contributed by atoms with E-state index in [-0.39, 0.29) is 0 Å². The van der Waals surface area contributed by atoms with Crippen molar-refractivity contribution >= 4 is 21.7 Å². The van der Waals surface area contributed by atoms with Crippen molar-refractivity contribution in [3.05, 3.63) is 22.8 Å². The molecule has 1 atom stereocenters. The molecule has 0 aromatic carbocycles. The minimum absolute atomic E-state index is 0.598.